The van der Waals surface area contributed by atoms with Crippen LogP contribution in [0.4, 0.5) is 14.0 Å². The van der Waals surface area contributed by atoms with Gasteiger partial charge in [0.25, 0.3) is 0 Å². The van der Waals surface area contributed by atoms with Crippen molar-refractivity contribution in [3.63, 3.8) is 0 Å². The van der Waals surface area contributed by atoms with Crippen LogP contribution in [0.5, 0.6) is 6.01 Å². The molecular weight excluding hydrogens is 281 g/mol. The Morgan fingerprint density at radius 2 is 2.14 bits per heavy atom. The molecule has 3 heterocycles. The second-order valence-electron chi connectivity index (χ2n) is 4.82. The fourth-order valence-electron chi connectivity index (χ4n) is 2.33. The molecule has 0 bridgehead atoms. The van der Waals surface area contributed by atoms with Crippen molar-refractivity contribution in [1.29, 1.82) is 0 Å². The Labute approximate surface area is 119 Å². The summed E-state index contributed by atoms with van der Waals surface area (Å²) in [4.78, 5) is 33.8. The predicted molar refractivity (Wildman–Crippen MR) is 68.1 cm³/mol. The minimum atomic E-state index is -0.536. The third-order valence-corrected chi connectivity index (χ3v) is 3.37. The quantitative estimate of drug-likeness (QED) is 0.843. The van der Waals surface area contributed by atoms with E-state index in [0.29, 0.717) is 32.6 Å². The number of carbonyl (C=O) groups excluding carboxylic acids is 2. The summed E-state index contributed by atoms with van der Waals surface area (Å²) < 4.78 is 18.2. The largest absolute Gasteiger partial charge is 0.458 e. The van der Waals surface area contributed by atoms with E-state index in [-0.39, 0.29) is 24.2 Å². The van der Waals surface area contributed by atoms with Gasteiger partial charge in [0.15, 0.2) is 5.82 Å². The standard InChI is InChI=1S/C12H14FN5O3/c13-8-5-15-10(16-6-8)21-9-1-3-17(7-9)12(20)18-4-2-14-11(18)19/h5-6,9H,1-4,7H2,(H,14,19)/t9-/m1/s1. The number of carbonyl (C=O) groups is 2. The van der Waals surface area contributed by atoms with Gasteiger partial charge in [0.2, 0.25) is 0 Å². The van der Waals surface area contributed by atoms with Gasteiger partial charge in [-0.3, -0.25) is 0 Å². The van der Waals surface area contributed by atoms with E-state index in [9.17, 15) is 14.0 Å². The molecule has 2 fully saturated rings. The lowest BCUT2D eigenvalue weighted by Crippen LogP contribution is -2.44. The fraction of sp³-hybridized carbons (Fsp3) is 0.500. The molecule has 0 unspecified atom stereocenters. The Hall–Kier alpha value is -2.45. The Balaban J connectivity index is 1.56. The maximum atomic E-state index is 12.7. The number of hydrogen-bond acceptors (Lipinski definition) is 5. The number of nitrogens with one attached hydrogen (secondary N) is 1. The zero-order valence-electron chi connectivity index (χ0n) is 11.2. The number of hydrogen-bond donors (Lipinski definition) is 1. The number of likely N-dealkylation sites (tertiary alicyclic amines) is 1. The molecule has 9 heteroatoms. The fourth-order valence-corrected chi connectivity index (χ4v) is 2.33. The van der Waals surface area contributed by atoms with Gasteiger partial charge in [-0.15, -0.1) is 0 Å². The average molecular weight is 295 g/mol. The summed E-state index contributed by atoms with van der Waals surface area (Å²) in [5, 5.41) is 2.58. The second kappa shape index (κ2) is 5.51. The molecule has 8 nitrogen and oxygen atoms in total. The third kappa shape index (κ3) is 2.86. The molecule has 0 saturated carbocycles. The van der Waals surface area contributed by atoms with Crippen LogP contribution in [0.25, 0.3) is 0 Å². The topological polar surface area (TPSA) is 87.7 Å². The Morgan fingerprint density at radius 1 is 1.38 bits per heavy atom. The molecule has 1 aromatic rings. The lowest BCUT2D eigenvalue weighted by atomic mass is 10.3. The predicted octanol–water partition coefficient (Wildman–Crippen LogP) is 0.214. The molecule has 0 aromatic carbocycles. The van der Waals surface area contributed by atoms with Crippen LogP contribution in [-0.4, -0.2) is 64.1 Å². The number of amides is 4. The maximum absolute atomic E-state index is 12.7. The molecule has 1 N–H and O–H groups in total. The van der Waals surface area contributed by atoms with Gasteiger partial charge in [0, 0.05) is 26.1 Å². The highest BCUT2D eigenvalue weighted by Gasteiger charge is 2.35. The van der Waals surface area contributed by atoms with E-state index < -0.39 is 5.82 Å². The van der Waals surface area contributed by atoms with Gasteiger partial charge in [0.1, 0.15) is 6.10 Å². The van der Waals surface area contributed by atoms with Crippen molar-refractivity contribution in [2.24, 2.45) is 0 Å². The molecular formula is C12H14FN5O3. The first-order valence-electron chi connectivity index (χ1n) is 6.62. The average Bonchev–Trinajstić information content (AvgIpc) is 3.10. The molecule has 2 saturated heterocycles. The zero-order chi connectivity index (χ0) is 14.8. The van der Waals surface area contributed by atoms with Crippen LogP contribution < -0.4 is 10.1 Å². The second-order valence-corrected chi connectivity index (χ2v) is 4.82. The Bertz CT molecular complexity index is 552. The molecule has 1 atom stereocenters. The van der Waals surface area contributed by atoms with Gasteiger partial charge in [-0.2, -0.15) is 0 Å². The van der Waals surface area contributed by atoms with Gasteiger partial charge in [-0.1, -0.05) is 0 Å². The monoisotopic (exact) mass is 295 g/mol. The van der Waals surface area contributed by atoms with Crippen molar-refractivity contribution in [2.45, 2.75) is 12.5 Å². The molecule has 0 spiro atoms. The van der Waals surface area contributed by atoms with E-state index in [1.165, 1.54) is 4.90 Å². The minimum absolute atomic E-state index is 0.0783. The molecule has 0 aliphatic carbocycles. The van der Waals surface area contributed by atoms with E-state index in [4.69, 9.17) is 4.74 Å². The summed E-state index contributed by atoms with van der Waals surface area (Å²) in [5.41, 5.74) is 0. The van der Waals surface area contributed by atoms with Crippen molar-refractivity contribution >= 4 is 12.1 Å². The van der Waals surface area contributed by atoms with Crippen LogP contribution in [0.2, 0.25) is 0 Å². The summed E-state index contributed by atoms with van der Waals surface area (Å²) in [5.74, 6) is -0.536. The number of rotatable bonds is 2. The highest BCUT2D eigenvalue weighted by molar-refractivity contribution is 5.95. The molecule has 0 radical (unpaired) electrons. The lowest BCUT2D eigenvalue weighted by molar-refractivity contribution is 0.158. The van der Waals surface area contributed by atoms with Gasteiger partial charge >= 0.3 is 18.1 Å². The summed E-state index contributed by atoms with van der Waals surface area (Å²) >= 11 is 0. The highest BCUT2D eigenvalue weighted by Crippen LogP contribution is 2.17. The van der Waals surface area contributed by atoms with E-state index >= 15 is 0 Å². The molecule has 3 rings (SSSR count). The molecule has 2 aliphatic rings. The van der Waals surface area contributed by atoms with Crippen LogP contribution in [0.15, 0.2) is 12.4 Å². The Kier molecular flexibility index (Phi) is 3.55. The molecule has 112 valence electrons. The zero-order valence-corrected chi connectivity index (χ0v) is 11.2. The highest BCUT2D eigenvalue weighted by atomic mass is 19.1. The number of urea groups is 2. The molecule has 1 aromatic heterocycles. The van der Waals surface area contributed by atoms with Gasteiger partial charge in [-0.25, -0.2) is 28.8 Å². The number of ether oxygens (including phenoxy) is 1. The molecule has 2 aliphatic heterocycles. The maximum Gasteiger partial charge on any atom is 0.328 e. The third-order valence-electron chi connectivity index (χ3n) is 3.37. The number of aromatic nitrogens is 2. The molecule has 21 heavy (non-hydrogen) atoms. The van der Waals surface area contributed by atoms with Crippen molar-refractivity contribution in [1.82, 2.24) is 25.1 Å². The Morgan fingerprint density at radius 3 is 2.81 bits per heavy atom. The number of halogens is 1. The van der Waals surface area contributed by atoms with E-state index in [0.717, 1.165) is 12.4 Å². The van der Waals surface area contributed by atoms with Gasteiger partial charge in [0.05, 0.1) is 18.9 Å². The van der Waals surface area contributed by atoms with Crippen LogP contribution in [-0.2, 0) is 0 Å². The van der Waals surface area contributed by atoms with Gasteiger partial charge in [-0.05, 0) is 0 Å². The van der Waals surface area contributed by atoms with E-state index in [1.807, 2.05) is 0 Å². The van der Waals surface area contributed by atoms with Crippen molar-refractivity contribution < 1.29 is 18.7 Å². The van der Waals surface area contributed by atoms with Crippen LogP contribution in [0.1, 0.15) is 6.42 Å². The number of imide groups is 1. The summed E-state index contributed by atoms with van der Waals surface area (Å²) in [6, 6.07) is -0.614. The van der Waals surface area contributed by atoms with Gasteiger partial charge < -0.3 is 15.0 Å². The smallest absolute Gasteiger partial charge is 0.328 e. The summed E-state index contributed by atoms with van der Waals surface area (Å²) in [6.45, 7) is 1.69. The van der Waals surface area contributed by atoms with Crippen LogP contribution in [0.3, 0.4) is 0 Å². The van der Waals surface area contributed by atoms with Crippen molar-refractivity contribution in [3.05, 3.63) is 18.2 Å². The van der Waals surface area contributed by atoms with Crippen molar-refractivity contribution in [3.8, 4) is 6.01 Å². The first-order valence-corrected chi connectivity index (χ1v) is 6.62. The summed E-state index contributed by atoms with van der Waals surface area (Å²) in [6.07, 6.45) is 2.40. The molecule has 4 amide bonds. The van der Waals surface area contributed by atoms with Crippen molar-refractivity contribution in [2.75, 3.05) is 26.2 Å². The first kappa shape index (κ1) is 13.5. The van der Waals surface area contributed by atoms with Crippen LogP contribution >= 0.6 is 0 Å². The minimum Gasteiger partial charge on any atom is -0.458 e. The lowest BCUT2D eigenvalue weighted by Gasteiger charge is -2.21. The SMILES string of the molecule is O=C1NCCN1C(=O)N1CC[C@@H](Oc2ncc(F)cn2)C1. The van der Waals surface area contributed by atoms with Crippen LogP contribution in [0, 0.1) is 5.82 Å². The van der Waals surface area contributed by atoms with E-state index in [1.54, 1.807) is 4.90 Å². The summed E-state index contributed by atoms with van der Waals surface area (Å²) in [7, 11) is 0. The first-order chi connectivity index (χ1) is 10.1. The van der Waals surface area contributed by atoms with E-state index in [2.05, 4.69) is 15.3 Å². The number of nitrogens with zero attached hydrogens (tertiary/aromatic N) is 4. The normalized spacial score (nSPS) is 21.6.